The first kappa shape index (κ1) is 13.2. The molecular weight excluding hydrogens is 270 g/mol. The zero-order chi connectivity index (χ0) is 9.61. The largest absolute Gasteiger partial charge is 0.731 e. The Morgan fingerprint density at radius 1 is 1.17 bits per heavy atom. The van der Waals surface area contributed by atoms with Gasteiger partial charge in [0, 0.05) is 0 Å². The number of rotatable bonds is 6. The van der Waals surface area contributed by atoms with Crippen LogP contribution in [0.5, 0.6) is 0 Å². The van der Waals surface area contributed by atoms with Crippen molar-refractivity contribution in [1.29, 1.82) is 0 Å². The summed E-state index contributed by atoms with van der Waals surface area (Å²) in [5.74, 6) is 0. The molecule has 0 saturated carbocycles. The van der Waals surface area contributed by atoms with Crippen LogP contribution in [-0.4, -0.2) is 14.6 Å². The molecule has 0 aromatic rings. The van der Waals surface area contributed by atoms with Crippen LogP contribution in [-0.2, 0) is 16.4 Å². The molecule has 0 bridgehead atoms. The highest BCUT2D eigenvalue weighted by Gasteiger charge is 2.49. The fraction of sp³-hybridized carbons (Fsp3) is 1.00. The van der Waals surface area contributed by atoms with Crippen molar-refractivity contribution in [3.63, 3.8) is 0 Å². The summed E-state index contributed by atoms with van der Waals surface area (Å²) in [6.07, 6.45) is 0.497. The topological polar surface area (TPSA) is 36.9 Å². The van der Waals surface area contributed by atoms with E-state index in [9.17, 15) is 0 Å². The second-order valence-electron chi connectivity index (χ2n) is 1.67. The predicted molar refractivity (Wildman–Crippen MR) is 47.6 cm³/mol. The summed E-state index contributed by atoms with van der Waals surface area (Å²) in [4.78, 5) is 0. The fourth-order valence-electron chi connectivity index (χ4n) is 0.330. The van der Waals surface area contributed by atoms with E-state index in [-0.39, 0.29) is 0 Å². The van der Waals surface area contributed by atoms with Crippen LogP contribution in [0, 0.1) is 0 Å². The van der Waals surface area contributed by atoms with Crippen LogP contribution in [0.4, 0.5) is 0 Å². The van der Waals surface area contributed by atoms with Crippen molar-refractivity contribution in [2.45, 2.75) is 18.9 Å². The minimum Gasteiger partial charge on any atom is -0.332 e. The Bertz CT molecular complexity index is 115. The molecule has 74 valence electrons. The van der Waals surface area contributed by atoms with Gasteiger partial charge in [-0.1, -0.05) is 18.5 Å². The molecule has 0 saturated heterocycles. The van der Waals surface area contributed by atoms with Gasteiger partial charge in [-0.15, -0.1) is 0 Å². The zero-order valence-corrected chi connectivity index (χ0v) is 9.95. The molecule has 0 rings (SSSR count). The minimum atomic E-state index is -3.64. The van der Waals surface area contributed by atoms with Crippen LogP contribution in [0.2, 0.25) is 0 Å². The maximum atomic E-state index is 5.58. The second-order valence-corrected chi connectivity index (χ2v) is 5.24. The molecule has 12 heavy (non-hydrogen) atoms. The van der Waals surface area contributed by atoms with Crippen LogP contribution in [0.15, 0.2) is 0 Å². The summed E-state index contributed by atoms with van der Waals surface area (Å²) in [5.41, 5.74) is -0.687. The van der Waals surface area contributed by atoms with Gasteiger partial charge in [0.1, 0.15) is 5.56 Å². The highest BCUT2D eigenvalue weighted by atomic mass is 35.5. The van der Waals surface area contributed by atoms with Crippen molar-refractivity contribution < 1.29 is 16.4 Å². The van der Waals surface area contributed by atoms with Crippen molar-refractivity contribution in [2.24, 2.45) is 0 Å². The minimum absolute atomic E-state index is 0.497. The van der Waals surface area contributed by atoms with Gasteiger partial charge in [-0.25, -0.2) is 11.9 Å². The van der Waals surface area contributed by atoms with Crippen LogP contribution < -0.4 is 0 Å². The van der Waals surface area contributed by atoms with Gasteiger partial charge >= 0.3 is 9.05 Å². The molecule has 0 spiro atoms. The molecule has 1 unspecified atom stereocenters. The molecule has 0 aromatic heterocycles. The Morgan fingerprint density at radius 2 is 1.58 bits per heavy atom. The van der Waals surface area contributed by atoms with E-state index in [1.54, 1.807) is 6.92 Å². The summed E-state index contributed by atoms with van der Waals surface area (Å²) in [7, 11) is -3.64. The molecule has 0 aliphatic heterocycles. The van der Waals surface area contributed by atoms with Gasteiger partial charge in [0.15, 0.2) is 0 Å². The highest BCUT2D eigenvalue weighted by molar-refractivity contribution is 6.65. The molecule has 1 atom stereocenters. The van der Waals surface area contributed by atoms with E-state index in [1.807, 2.05) is 0 Å². The summed E-state index contributed by atoms with van der Waals surface area (Å²) in [5, 5.41) is 0. The monoisotopic (exact) mass is 274 g/mol. The van der Waals surface area contributed by atoms with Crippen molar-refractivity contribution in [3.8, 4) is 0 Å². The molecule has 0 N–H and O–H groups in total. The molecule has 0 aromatic carbocycles. The lowest BCUT2D eigenvalue weighted by Crippen LogP contribution is -2.44. The third-order valence-corrected chi connectivity index (χ3v) is 4.26. The Hall–Kier alpha value is 1.22. The lowest BCUT2D eigenvalue weighted by molar-refractivity contribution is 0.0879. The van der Waals surface area contributed by atoms with E-state index in [2.05, 4.69) is 11.9 Å². The summed E-state index contributed by atoms with van der Waals surface area (Å²) < 4.78 is 17.5. The van der Waals surface area contributed by atoms with E-state index in [4.69, 9.17) is 51.6 Å². The first-order chi connectivity index (χ1) is 5.64. The van der Waals surface area contributed by atoms with Crippen LogP contribution in [0.1, 0.15) is 13.3 Å². The Labute approximate surface area is 91.5 Å². The predicted octanol–water partition coefficient (Wildman–Crippen LogP) is 2.92. The smallest absolute Gasteiger partial charge is 0.332 e. The number of alkyl halides is 1. The second kappa shape index (κ2) is 6.64. The van der Waals surface area contributed by atoms with Gasteiger partial charge in [0.25, 0.3) is 0 Å². The van der Waals surface area contributed by atoms with Gasteiger partial charge in [-0.2, -0.15) is 0 Å². The Morgan fingerprint density at radius 3 is 1.83 bits per heavy atom. The third-order valence-electron chi connectivity index (χ3n) is 0.877. The number of hydrogen-bond acceptors (Lipinski definition) is 4. The average molecular weight is 276 g/mol. The molecule has 0 radical (unpaired) electrons. The lowest BCUT2D eigenvalue weighted by Gasteiger charge is -2.19. The molecule has 0 fully saturated rings. The number of hydrogen-bond donors (Lipinski definition) is 0. The quantitative estimate of drug-likeness (QED) is 0.552. The van der Waals surface area contributed by atoms with Crippen molar-refractivity contribution in [3.05, 3.63) is 0 Å². The van der Waals surface area contributed by atoms with Gasteiger partial charge in [-0.3, -0.25) is 0 Å². The summed E-state index contributed by atoms with van der Waals surface area (Å²) in [6, 6.07) is 0. The van der Waals surface area contributed by atoms with E-state index in [0.717, 1.165) is 0 Å². The standard InChI is InChI=1S/C3H6Cl4O4Si/c1-2-3(4)8-12(9-5,10-6)11-7/h3H,2H2,1H3. The van der Waals surface area contributed by atoms with Crippen LogP contribution >= 0.6 is 47.2 Å². The molecule has 0 aliphatic rings. The molecule has 0 aliphatic carbocycles. The van der Waals surface area contributed by atoms with E-state index in [1.165, 1.54) is 0 Å². The van der Waals surface area contributed by atoms with E-state index >= 15 is 0 Å². The summed E-state index contributed by atoms with van der Waals surface area (Å²) in [6.45, 7) is 1.77. The van der Waals surface area contributed by atoms with E-state index < -0.39 is 14.6 Å². The van der Waals surface area contributed by atoms with Crippen molar-refractivity contribution in [1.82, 2.24) is 0 Å². The lowest BCUT2D eigenvalue weighted by atomic mass is 10.5. The first-order valence-corrected chi connectivity index (χ1v) is 5.84. The SMILES string of the molecule is CCC(Cl)O[Si](OCl)(OCl)OCl. The van der Waals surface area contributed by atoms with Gasteiger partial charge in [0.2, 0.25) is 0 Å². The number of halogens is 4. The third kappa shape index (κ3) is 3.95. The van der Waals surface area contributed by atoms with Crippen molar-refractivity contribution in [2.75, 3.05) is 0 Å². The van der Waals surface area contributed by atoms with Crippen molar-refractivity contribution >= 4 is 56.2 Å². The van der Waals surface area contributed by atoms with Crippen LogP contribution in [0.3, 0.4) is 0 Å². The normalized spacial score (nSPS) is 14.8. The summed E-state index contributed by atoms with van der Waals surface area (Å²) >= 11 is 20.5. The first-order valence-electron chi connectivity index (χ1n) is 2.85. The highest BCUT2D eigenvalue weighted by Crippen LogP contribution is 2.21. The average Bonchev–Trinajstić information content (AvgIpc) is 2.14. The molecule has 9 heteroatoms. The molecule has 0 amide bonds. The van der Waals surface area contributed by atoms with Gasteiger partial charge in [-0.05, 0) is 6.42 Å². The molecule has 0 heterocycles. The zero-order valence-electron chi connectivity index (χ0n) is 5.93. The Balaban J connectivity index is 4.09. The van der Waals surface area contributed by atoms with Gasteiger partial charge in [0.05, 0.1) is 35.6 Å². The van der Waals surface area contributed by atoms with Gasteiger partial charge < -0.3 is 4.43 Å². The maximum absolute atomic E-state index is 5.58. The molecule has 4 nitrogen and oxygen atoms in total. The molecular formula is C3H6Cl4O4Si. The maximum Gasteiger partial charge on any atom is 0.731 e. The van der Waals surface area contributed by atoms with Crippen LogP contribution in [0.25, 0.3) is 0 Å². The fourth-order valence-corrected chi connectivity index (χ4v) is 2.50. The van der Waals surface area contributed by atoms with E-state index in [0.29, 0.717) is 6.42 Å². The Kier molecular flexibility index (Phi) is 7.31.